The van der Waals surface area contributed by atoms with E-state index in [2.05, 4.69) is 6.92 Å². The van der Waals surface area contributed by atoms with E-state index in [-0.39, 0.29) is 0 Å². The molecule has 2 aliphatic rings. The molecule has 2 bridgehead atoms. The second-order valence-corrected chi connectivity index (χ2v) is 4.44. The van der Waals surface area contributed by atoms with Gasteiger partial charge in [0.05, 0.1) is 6.10 Å². The van der Waals surface area contributed by atoms with Crippen molar-refractivity contribution in [3.05, 3.63) is 0 Å². The van der Waals surface area contributed by atoms with Crippen molar-refractivity contribution in [2.75, 3.05) is 6.61 Å². The van der Waals surface area contributed by atoms with Crippen LogP contribution in [0.3, 0.4) is 0 Å². The van der Waals surface area contributed by atoms with Gasteiger partial charge in [-0.2, -0.15) is 0 Å². The molecule has 1 heteroatoms. The van der Waals surface area contributed by atoms with E-state index in [9.17, 15) is 0 Å². The fraction of sp³-hybridized carbons (Fsp3) is 1.00. The Labute approximate surface area is 75.5 Å². The summed E-state index contributed by atoms with van der Waals surface area (Å²) in [6, 6.07) is 0. The molecular formula is C11H20O. The molecule has 1 nitrogen and oxygen atoms in total. The van der Waals surface area contributed by atoms with Crippen molar-refractivity contribution >= 4 is 0 Å². The van der Waals surface area contributed by atoms with Crippen LogP contribution in [-0.2, 0) is 4.74 Å². The summed E-state index contributed by atoms with van der Waals surface area (Å²) in [5.74, 6) is 1.97. The molecule has 2 fully saturated rings. The SMILES string of the molecule is CCCCO[C@H]1C[C@@H]2CC[C@H]1C2. The normalized spacial score (nSPS) is 39.2. The summed E-state index contributed by atoms with van der Waals surface area (Å²) in [7, 11) is 0. The summed E-state index contributed by atoms with van der Waals surface area (Å²) in [5.41, 5.74) is 0. The van der Waals surface area contributed by atoms with Crippen LogP contribution in [0.5, 0.6) is 0 Å². The van der Waals surface area contributed by atoms with Crippen LogP contribution in [0.1, 0.15) is 45.4 Å². The van der Waals surface area contributed by atoms with Gasteiger partial charge in [0.15, 0.2) is 0 Å². The molecule has 0 aliphatic heterocycles. The molecule has 0 aromatic rings. The first-order chi connectivity index (χ1) is 5.90. The van der Waals surface area contributed by atoms with Crippen LogP contribution >= 0.6 is 0 Å². The summed E-state index contributed by atoms with van der Waals surface area (Å²) >= 11 is 0. The lowest BCUT2D eigenvalue weighted by atomic mass is 9.98. The minimum absolute atomic E-state index is 0.648. The predicted octanol–water partition coefficient (Wildman–Crippen LogP) is 2.99. The maximum absolute atomic E-state index is 5.88. The Balaban J connectivity index is 1.69. The number of unbranched alkanes of at least 4 members (excludes halogenated alkanes) is 1. The van der Waals surface area contributed by atoms with Crippen LogP contribution in [0.2, 0.25) is 0 Å². The van der Waals surface area contributed by atoms with Gasteiger partial charge in [-0.05, 0) is 43.9 Å². The molecule has 2 rings (SSSR count). The largest absolute Gasteiger partial charge is 0.378 e. The van der Waals surface area contributed by atoms with Gasteiger partial charge in [0.1, 0.15) is 0 Å². The second-order valence-electron chi connectivity index (χ2n) is 4.44. The Hall–Kier alpha value is -0.0400. The maximum Gasteiger partial charge on any atom is 0.0606 e. The van der Waals surface area contributed by atoms with Gasteiger partial charge in [0.25, 0.3) is 0 Å². The van der Waals surface area contributed by atoms with E-state index < -0.39 is 0 Å². The summed E-state index contributed by atoms with van der Waals surface area (Å²) in [6.07, 6.45) is 8.93. The lowest BCUT2D eigenvalue weighted by Gasteiger charge is -2.21. The van der Waals surface area contributed by atoms with Crippen LogP contribution in [0, 0.1) is 11.8 Å². The number of ether oxygens (including phenoxy) is 1. The second kappa shape index (κ2) is 3.78. The molecule has 0 saturated heterocycles. The fourth-order valence-electron chi connectivity index (χ4n) is 2.77. The van der Waals surface area contributed by atoms with Gasteiger partial charge in [-0.3, -0.25) is 0 Å². The Morgan fingerprint density at radius 1 is 1.25 bits per heavy atom. The van der Waals surface area contributed by atoms with E-state index in [4.69, 9.17) is 4.74 Å². The lowest BCUT2D eigenvalue weighted by molar-refractivity contribution is 0.0152. The molecule has 0 spiro atoms. The average Bonchev–Trinajstić information content (AvgIpc) is 2.65. The Morgan fingerprint density at radius 3 is 2.75 bits per heavy atom. The molecule has 70 valence electrons. The first-order valence-corrected chi connectivity index (χ1v) is 5.51. The first kappa shape index (κ1) is 8.55. The van der Waals surface area contributed by atoms with Crippen LogP contribution < -0.4 is 0 Å². The van der Waals surface area contributed by atoms with Crippen molar-refractivity contribution in [2.24, 2.45) is 11.8 Å². The van der Waals surface area contributed by atoms with E-state index in [0.29, 0.717) is 6.10 Å². The summed E-state index contributed by atoms with van der Waals surface area (Å²) < 4.78 is 5.88. The van der Waals surface area contributed by atoms with Crippen molar-refractivity contribution in [3.63, 3.8) is 0 Å². The van der Waals surface area contributed by atoms with Gasteiger partial charge < -0.3 is 4.74 Å². The van der Waals surface area contributed by atoms with E-state index in [1.807, 2.05) is 0 Å². The topological polar surface area (TPSA) is 9.23 Å². The summed E-state index contributed by atoms with van der Waals surface area (Å²) in [5, 5.41) is 0. The molecule has 0 aromatic carbocycles. The van der Waals surface area contributed by atoms with Crippen molar-refractivity contribution in [3.8, 4) is 0 Å². The standard InChI is InChI=1S/C11H20O/c1-2-3-6-12-11-8-9-4-5-10(11)7-9/h9-11H,2-8H2,1H3/t9-,10+,11+/m1/s1. The quantitative estimate of drug-likeness (QED) is 0.586. The molecular weight excluding hydrogens is 148 g/mol. The number of rotatable bonds is 4. The van der Waals surface area contributed by atoms with E-state index in [1.54, 1.807) is 0 Å². The highest BCUT2D eigenvalue weighted by molar-refractivity contribution is 4.90. The van der Waals surface area contributed by atoms with Gasteiger partial charge in [-0.15, -0.1) is 0 Å². The summed E-state index contributed by atoms with van der Waals surface area (Å²) in [6.45, 7) is 3.23. The third kappa shape index (κ3) is 1.66. The van der Waals surface area contributed by atoms with Gasteiger partial charge in [0, 0.05) is 6.61 Å². The fourth-order valence-corrected chi connectivity index (χ4v) is 2.77. The van der Waals surface area contributed by atoms with Crippen molar-refractivity contribution in [1.29, 1.82) is 0 Å². The molecule has 0 unspecified atom stereocenters. The van der Waals surface area contributed by atoms with E-state index in [1.165, 1.54) is 38.5 Å². The minimum Gasteiger partial charge on any atom is -0.378 e. The van der Waals surface area contributed by atoms with Gasteiger partial charge >= 0.3 is 0 Å². The molecule has 0 radical (unpaired) electrons. The Morgan fingerprint density at radius 2 is 2.17 bits per heavy atom. The molecule has 12 heavy (non-hydrogen) atoms. The third-order valence-electron chi connectivity index (χ3n) is 3.50. The van der Waals surface area contributed by atoms with E-state index in [0.717, 1.165) is 18.4 Å². The lowest BCUT2D eigenvalue weighted by Crippen LogP contribution is -2.20. The van der Waals surface area contributed by atoms with Gasteiger partial charge in [-0.1, -0.05) is 13.3 Å². The Kier molecular flexibility index (Phi) is 2.69. The molecule has 0 N–H and O–H groups in total. The number of hydrogen-bond donors (Lipinski definition) is 0. The maximum atomic E-state index is 5.88. The van der Waals surface area contributed by atoms with Gasteiger partial charge in [-0.25, -0.2) is 0 Å². The highest BCUT2D eigenvalue weighted by Gasteiger charge is 2.39. The summed E-state index contributed by atoms with van der Waals surface area (Å²) in [4.78, 5) is 0. The van der Waals surface area contributed by atoms with Crippen molar-refractivity contribution in [2.45, 2.75) is 51.6 Å². The number of fused-ring (bicyclic) bond motifs is 2. The average molecular weight is 168 g/mol. The zero-order chi connectivity index (χ0) is 8.39. The minimum atomic E-state index is 0.648. The molecule has 2 saturated carbocycles. The zero-order valence-corrected chi connectivity index (χ0v) is 8.09. The zero-order valence-electron chi connectivity index (χ0n) is 8.09. The molecule has 0 aromatic heterocycles. The van der Waals surface area contributed by atoms with E-state index >= 15 is 0 Å². The highest BCUT2D eigenvalue weighted by atomic mass is 16.5. The monoisotopic (exact) mass is 168 g/mol. The highest BCUT2D eigenvalue weighted by Crippen LogP contribution is 2.45. The smallest absolute Gasteiger partial charge is 0.0606 e. The van der Waals surface area contributed by atoms with Crippen molar-refractivity contribution < 1.29 is 4.74 Å². The van der Waals surface area contributed by atoms with Crippen LogP contribution in [0.25, 0.3) is 0 Å². The number of hydrogen-bond acceptors (Lipinski definition) is 1. The first-order valence-electron chi connectivity index (χ1n) is 5.51. The predicted molar refractivity (Wildman–Crippen MR) is 50.1 cm³/mol. The third-order valence-corrected chi connectivity index (χ3v) is 3.50. The Bertz CT molecular complexity index is 144. The molecule has 2 aliphatic carbocycles. The van der Waals surface area contributed by atoms with Crippen LogP contribution in [-0.4, -0.2) is 12.7 Å². The molecule has 0 heterocycles. The van der Waals surface area contributed by atoms with Crippen molar-refractivity contribution in [1.82, 2.24) is 0 Å². The van der Waals surface area contributed by atoms with Gasteiger partial charge in [0.2, 0.25) is 0 Å². The van der Waals surface area contributed by atoms with Crippen LogP contribution in [0.15, 0.2) is 0 Å². The molecule has 0 amide bonds. The molecule has 3 atom stereocenters. The van der Waals surface area contributed by atoms with Crippen LogP contribution in [0.4, 0.5) is 0 Å².